The summed E-state index contributed by atoms with van der Waals surface area (Å²) in [6, 6.07) is 1.32. The molecule has 0 spiro atoms. The second kappa shape index (κ2) is 7.58. The molecule has 0 aliphatic carbocycles. The summed E-state index contributed by atoms with van der Waals surface area (Å²) in [4.78, 5) is 5.20. The highest BCUT2D eigenvalue weighted by Crippen LogP contribution is 2.12. The van der Waals surface area contributed by atoms with Crippen LogP contribution in [0.3, 0.4) is 0 Å². The van der Waals surface area contributed by atoms with Gasteiger partial charge in [0.15, 0.2) is 0 Å². The van der Waals surface area contributed by atoms with Crippen LogP contribution in [0, 0.1) is 0 Å². The highest BCUT2D eigenvalue weighted by Gasteiger charge is 2.25. The molecule has 2 saturated heterocycles. The molecule has 4 nitrogen and oxygen atoms in total. The van der Waals surface area contributed by atoms with Crippen LogP contribution < -0.4 is 5.32 Å². The Bertz CT molecular complexity index is 256. The fourth-order valence-electron chi connectivity index (χ4n) is 3.28. The Hall–Kier alpha value is -0.160. The highest BCUT2D eigenvalue weighted by molar-refractivity contribution is 4.82. The van der Waals surface area contributed by atoms with Gasteiger partial charge in [0.05, 0.1) is 6.10 Å². The van der Waals surface area contributed by atoms with Crippen molar-refractivity contribution < 1.29 is 4.74 Å². The maximum absolute atomic E-state index is 5.64. The number of likely N-dealkylation sites (N-methyl/N-ethyl adjacent to an activating group) is 1. The summed E-state index contributed by atoms with van der Waals surface area (Å²) >= 11 is 0. The van der Waals surface area contributed by atoms with Crippen LogP contribution in [0.25, 0.3) is 0 Å². The topological polar surface area (TPSA) is 27.7 Å². The van der Waals surface area contributed by atoms with E-state index >= 15 is 0 Å². The van der Waals surface area contributed by atoms with E-state index in [9.17, 15) is 0 Å². The minimum Gasteiger partial charge on any atom is -0.377 e. The lowest BCUT2D eigenvalue weighted by molar-refractivity contribution is 0.0610. The Labute approximate surface area is 118 Å². The van der Waals surface area contributed by atoms with Gasteiger partial charge in [0.1, 0.15) is 0 Å². The SMILES string of the molecule is CCN1CCN(C(C)CNCC2CCCO2)CC1C. The first-order valence-electron chi connectivity index (χ1n) is 8.01. The molecule has 2 rings (SSSR count). The molecule has 0 aromatic carbocycles. The number of rotatable bonds is 6. The molecule has 0 aromatic heterocycles. The average Bonchev–Trinajstić information content (AvgIpc) is 2.91. The lowest BCUT2D eigenvalue weighted by Crippen LogP contribution is -2.55. The number of hydrogen-bond acceptors (Lipinski definition) is 4. The molecular formula is C15H31N3O. The number of nitrogens with zero attached hydrogens (tertiary/aromatic N) is 2. The third kappa shape index (κ3) is 4.42. The maximum Gasteiger partial charge on any atom is 0.0700 e. The zero-order valence-corrected chi connectivity index (χ0v) is 12.9. The van der Waals surface area contributed by atoms with Gasteiger partial charge in [-0.3, -0.25) is 9.80 Å². The Kier molecular flexibility index (Phi) is 6.07. The van der Waals surface area contributed by atoms with Gasteiger partial charge in [-0.15, -0.1) is 0 Å². The van der Waals surface area contributed by atoms with Crippen LogP contribution in [-0.4, -0.2) is 73.9 Å². The fourth-order valence-corrected chi connectivity index (χ4v) is 3.28. The Balaban J connectivity index is 1.64. The predicted octanol–water partition coefficient (Wildman–Crippen LogP) is 1.17. The van der Waals surface area contributed by atoms with E-state index in [0.717, 1.165) is 19.7 Å². The van der Waals surface area contributed by atoms with Crippen molar-refractivity contribution in [2.45, 2.75) is 51.8 Å². The molecule has 1 N–H and O–H groups in total. The zero-order valence-electron chi connectivity index (χ0n) is 12.9. The van der Waals surface area contributed by atoms with Crippen molar-refractivity contribution >= 4 is 0 Å². The molecule has 112 valence electrons. The van der Waals surface area contributed by atoms with E-state index in [-0.39, 0.29) is 0 Å². The van der Waals surface area contributed by atoms with Gasteiger partial charge in [0.2, 0.25) is 0 Å². The molecule has 3 atom stereocenters. The molecule has 0 saturated carbocycles. The minimum atomic E-state index is 0.461. The van der Waals surface area contributed by atoms with Gasteiger partial charge in [-0.1, -0.05) is 6.92 Å². The van der Waals surface area contributed by atoms with Crippen LogP contribution in [0.2, 0.25) is 0 Å². The molecule has 3 unspecified atom stereocenters. The Morgan fingerprint density at radius 1 is 1.37 bits per heavy atom. The molecule has 19 heavy (non-hydrogen) atoms. The van der Waals surface area contributed by atoms with E-state index in [1.807, 2.05) is 0 Å². The summed E-state index contributed by atoms with van der Waals surface area (Å²) in [6.07, 6.45) is 2.93. The Morgan fingerprint density at radius 2 is 2.21 bits per heavy atom. The molecule has 0 aromatic rings. The van der Waals surface area contributed by atoms with E-state index in [2.05, 4.69) is 35.9 Å². The number of ether oxygens (including phenoxy) is 1. The largest absolute Gasteiger partial charge is 0.377 e. The summed E-state index contributed by atoms with van der Waals surface area (Å²) in [5, 5.41) is 3.58. The third-order valence-electron chi connectivity index (χ3n) is 4.66. The molecule has 4 heteroatoms. The lowest BCUT2D eigenvalue weighted by Gasteiger charge is -2.42. The second-order valence-corrected chi connectivity index (χ2v) is 6.11. The van der Waals surface area contributed by atoms with Crippen LogP contribution in [0.1, 0.15) is 33.6 Å². The highest BCUT2D eigenvalue weighted by atomic mass is 16.5. The van der Waals surface area contributed by atoms with E-state index in [1.165, 1.54) is 39.0 Å². The lowest BCUT2D eigenvalue weighted by atomic mass is 10.1. The number of hydrogen-bond donors (Lipinski definition) is 1. The van der Waals surface area contributed by atoms with E-state index in [1.54, 1.807) is 0 Å². The van der Waals surface area contributed by atoms with Crippen molar-refractivity contribution in [3.63, 3.8) is 0 Å². The van der Waals surface area contributed by atoms with Gasteiger partial charge in [-0.25, -0.2) is 0 Å². The van der Waals surface area contributed by atoms with Gasteiger partial charge in [0.25, 0.3) is 0 Å². The minimum absolute atomic E-state index is 0.461. The van der Waals surface area contributed by atoms with E-state index < -0.39 is 0 Å². The van der Waals surface area contributed by atoms with Crippen molar-refractivity contribution in [2.75, 3.05) is 45.9 Å². The fraction of sp³-hybridized carbons (Fsp3) is 1.00. The molecule has 0 bridgehead atoms. The molecule has 2 heterocycles. The summed E-state index contributed by atoms with van der Waals surface area (Å²) in [6.45, 7) is 14.8. The van der Waals surface area contributed by atoms with Crippen molar-refractivity contribution in [2.24, 2.45) is 0 Å². The summed E-state index contributed by atoms with van der Waals surface area (Å²) in [7, 11) is 0. The van der Waals surface area contributed by atoms with Gasteiger partial charge in [-0.2, -0.15) is 0 Å². The van der Waals surface area contributed by atoms with Crippen molar-refractivity contribution in [3.05, 3.63) is 0 Å². The molecule has 0 amide bonds. The van der Waals surface area contributed by atoms with Gasteiger partial charge in [-0.05, 0) is 33.2 Å². The summed E-state index contributed by atoms with van der Waals surface area (Å²) < 4.78 is 5.64. The van der Waals surface area contributed by atoms with Crippen LogP contribution in [-0.2, 0) is 4.74 Å². The van der Waals surface area contributed by atoms with Gasteiger partial charge >= 0.3 is 0 Å². The third-order valence-corrected chi connectivity index (χ3v) is 4.66. The normalized spacial score (nSPS) is 31.7. The van der Waals surface area contributed by atoms with E-state index in [4.69, 9.17) is 4.74 Å². The standard InChI is InChI=1S/C15H31N3O/c1-4-17-7-8-18(12-14(17)3)13(2)10-16-11-15-6-5-9-19-15/h13-16H,4-12H2,1-3H3. The van der Waals surface area contributed by atoms with Crippen LogP contribution >= 0.6 is 0 Å². The summed E-state index contributed by atoms with van der Waals surface area (Å²) in [5.74, 6) is 0. The quantitative estimate of drug-likeness (QED) is 0.783. The van der Waals surface area contributed by atoms with Crippen LogP contribution in [0.5, 0.6) is 0 Å². The molecular weight excluding hydrogens is 238 g/mol. The van der Waals surface area contributed by atoms with Crippen molar-refractivity contribution in [1.29, 1.82) is 0 Å². The first-order valence-corrected chi connectivity index (χ1v) is 8.01. The Morgan fingerprint density at radius 3 is 2.84 bits per heavy atom. The smallest absolute Gasteiger partial charge is 0.0700 e. The monoisotopic (exact) mass is 269 g/mol. The van der Waals surface area contributed by atoms with Crippen LogP contribution in [0.15, 0.2) is 0 Å². The first kappa shape index (κ1) is 15.2. The number of piperazine rings is 1. The van der Waals surface area contributed by atoms with Crippen LogP contribution in [0.4, 0.5) is 0 Å². The van der Waals surface area contributed by atoms with Crippen molar-refractivity contribution in [3.8, 4) is 0 Å². The average molecular weight is 269 g/mol. The van der Waals surface area contributed by atoms with E-state index in [0.29, 0.717) is 18.2 Å². The zero-order chi connectivity index (χ0) is 13.7. The maximum atomic E-state index is 5.64. The molecule has 0 radical (unpaired) electrons. The second-order valence-electron chi connectivity index (χ2n) is 6.11. The first-order chi connectivity index (χ1) is 9.20. The molecule has 2 aliphatic rings. The van der Waals surface area contributed by atoms with Gasteiger partial charge in [0, 0.05) is 51.4 Å². The molecule has 2 aliphatic heterocycles. The number of nitrogens with one attached hydrogen (secondary N) is 1. The predicted molar refractivity (Wildman–Crippen MR) is 79.6 cm³/mol. The van der Waals surface area contributed by atoms with Gasteiger partial charge < -0.3 is 10.1 Å². The molecule has 2 fully saturated rings. The summed E-state index contributed by atoms with van der Waals surface area (Å²) in [5.41, 5.74) is 0. The van der Waals surface area contributed by atoms with Crippen molar-refractivity contribution in [1.82, 2.24) is 15.1 Å².